The van der Waals surface area contributed by atoms with Crippen molar-refractivity contribution in [2.75, 3.05) is 7.11 Å². The third-order valence-corrected chi connectivity index (χ3v) is 6.30. The van der Waals surface area contributed by atoms with Crippen molar-refractivity contribution < 1.29 is 4.43 Å². The summed E-state index contributed by atoms with van der Waals surface area (Å²) in [5.74, 6) is 0. The van der Waals surface area contributed by atoms with Crippen LogP contribution in [0.2, 0.25) is 12.6 Å². The quantitative estimate of drug-likeness (QED) is 0.670. The maximum atomic E-state index is 5.63. The topological polar surface area (TPSA) is 9.23 Å². The van der Waals surface area contributed by atoms with Crippen LogP contribution in [0.25, 0.3) is 0 Å². The van der Waals surface area contributed by atoms with Gasteiger partial charge < -0.3 is 4.43 Å². The molecule has 72 valence electrons. The van der Waals surface area contributed by atoms with Gasteiger partial charge in [0.1, 0.15) is 0 Å². The van der Waals surface area contributed by atoms with E-state index in [4.69, 9.17) is 4.43 Å². The maximum absolute atomic E-state index is 5.63. The molecule has 0 spiro atoms. The van der Waals surface area contributed by atoms with Crippen molar-refractivity contribution >= 4 is 8.32 Å². The zero-order valence-corrected chi connectivity index (χ0v) is 9.71. The Morgan fingerprint density at radius 1 is 1.23 bits per heavy atom. The van der Waals surface area contributed by atoms with Crippen LogP contribution in [0, 0.1) is 0 Å². The van der Waals surface area contributed by atoms with E-state index in [0.717, 1.165) is 6.04 Å². The summed E-state index contributed by atoms with van der Waals surface area (Å²) in [5.41, 5.74) is 1.40. The van der Waals surface area contributed by atoms with E-state index in [9.17, 15) is 0 Å². The van der Waals surface area contributed by atoms with E-state index in [1.807, 2.05) is 7.11 Å². The summed E-state index contributed by atoms with van der Waals surface area (Å²) in [6, 6.07) is 12.9. The predicted octanol–water partition coefficient (Wildman–Crippen LogP) is 3.01. The van der Waals surface area contributed by atoms with E-state index < -0.39 is 8.32 Å². The van der Waals surface area contributed by atoms with Crippen molar-refractivity contribution in [3.8, 4) is 0 Å². The van der Waals surface area contributed by atoms with Gasteiger partial charge in [0.05, 0.1) is 0 Å². The molecular formula is C11H18OSi. The highest BCUT2D eigenvalue weighted by molar-refractivity contribution is 6.71. The lowest BCUT2D eigenvalue weighted by molar-refractivity contribution is 0.397. The first-order valence-corrected chi connectivity index (χ1v) is 7.61. The van der Waals surface area contributed by atoms with Gasteiger partial charge in [0, 0.05) is 7.11 Å². The summed E-state index contributed by atoms with van der Waals surface area (Å²) < 4.78 is 5.63. The van der Waals surface area contributed by atoms with Crippen molar-refractivity contribution in [2.45, 2.75) is 25.6 Å². The molecule has 0 saturated heterocycles. The molecule has 0 heterocycles. The molecule has 0 amide bonds. The summed E-state index contributed by atoms with van der Waals surface area (Å²) in [5, 5.41) is 0. The molecule has 0 aliphatic heterocycles. The van der Waals surface area contributed by atoms with Crippen LogP contribution in [-0.2, 0) is 10.5 Å². The van der Waals surface area contributed by atoms with Crippen LogP contribution >= 0.6 is 0 Å². The molecule has 1 aromatic carbocycles. The number of benzene rings is 1. The molecule has 0 radical (unpaired) electrons. The molecule has 0 aromatic heterocycles. The highest BCUT2D eigenvalue weighted by Crippen LogP contribution is 2.16. The van der Waals surface area contributed by atoms with Crippen molar-refractivity contribution in [1.29, 1.82) is 0 Å². The van der Waals surface area contributed by atoms with Crippen LogP contribution < -0.4 is 0 Å². The minimum atomic E-state index is -1.44. The Labute approximate surface area is 81.9 Å². The van der Waals surface area contributed by atoms with Crippen molar-refractivity contribution in [3.63, 3.8) is 0 Å². The monoisotopic (exact) mass is 194 g/mol. The zero-order valence-electron chi connectivity index (χ0n) is 8.71. The second-order valence-electron chi connectivity index (χ2n) is 3.67. The van der Waals surface area contributed by atoms with Crippen LogP contribution in [0.15, 0.2) is 30.3 Å². The first-order valence-electron chi connectivity index (χ1n) is 4.79. The van der Waals surface area contributed by atoms with Gasteiger partial charge in [-0.1, -0.05) is 37.3 Å². The van der Waals surface area contributed by atoms with Crippen LogP contribution in [0.4, 0.5) is 0 Å². The molecule has 1 aromatic rings. The average molecular weight is 194 g/mol. The molecule has 0 aliphatic rings. The molecule has 1 nitrogen and oxygen atoms in total. The summed E-state index contributed by atoms with van der Waals surface area (Å²) >= 11 is 0. The Morgan fingerprint density at radius 3 is 2.31 bits per heavy atom. The van der Waals surface area contributed by atoms with E-state index in [-0.39, 0.29) is 0 Å². The summed E-state index contributed by atoms with van der Waals surface area (Å²) in [7, 11) is 0.408. The first-order chi connectivity index (χ1) is 6.20. The SMILES string of the molecule is CC[Si](C)(Cc1ccccc1)OC. The molecule has 2 heteroatoms. The Balaban J connectivity index is 2.68. The predicted molar refractivity (Wildman–Crippen MR) is 59.3 cm³/mol. The standard InChI is InChI=1S/C11H18OSi/c1-4-13(3,12-2)10-11-8-6-5-7-9-11/h5-9H,4,10H2,1-3H3. The summed E-state index contributed by atoms with van der Waals surface area (Å²) in [6.45, 7) is 4.51. The normalized spacial score (nSPS) is 15.3. The molecule has 0 N–H and O–H groups in total. The minimum absolute atomic E-state index is 1.13. The molecule has 0 bridgehead atoms. The van der Waals surface area contributed by atoms with Gasteiger partial charge >= 0.3 is 0 Å². The molecule has 0 saturated carbocycles. The first kappa shape index (κ1) is 10.5. The zero-order chi connectivity index (χ0) is 9.73. The highest BCUT2D eigenvalue weighted by Gasteiger charge is 2.25. The van der Waals surface area contributed by atoms with Gasteiger partial charge in [-0.25, -0.2) is 0 Å². The van der Waals surface area contributed by atoms with Gasteiger partial charge in [-0.2, -0.15) is 0 Å². The fourth-order valence-electron chi connectivity index (χ4n) is 1.37. The van der Waals surface area contributed by atoms with Crippen molar-refractivity contribution in [2.24, 2.45) is 0 Å². The molecule has 1 atom stereocenters. The summed E-state index contributed by atoms with van der Waals surface area (Å²) in [6.07, 6.45) is 0. The lowest BCUT2D eigenvalue weighted by atomic mass is 10.2. The van der Waals surface area contributed by atoms with Crippen LogP contribution in [0.3, 0.4) is 0 Å². The van der Waals surface area contributed by atoms with Gasteiger partial charge in [-0.15, -0.1) is 0 Å². The fraction of sp³-hybridized carbons (Fsp3) is 0.455. The lowest BCUT2D eigenvalue weighted by Gasteiger charge is -2.23. The largest absolute Gasteiger partial charge is 0.420 e. The van der Waals surface area contributed by atoms with E-state index in [0.29, 0.717) is 0 Å². The fourth-order valence-corrected chi connectivity index (χ4v) is 3.15. The van der Waals surface area contributed by atoms with Crippen molar-refractivity contribution in [1.82, 2.24) is 0 Å². The number of hydrogen-bond acceptors (Lipinski definition) is 1. The van der Waals surface area contributed by atoms with Gasteiger partial charge in [0.2, 0.25) is 0 Å². The molecule has 0 aliphatic carbocycles. The number of hydrogen-bond donors (Lipinski definition) is 0. The second kappa shape index (κ2) is 4.58. The number of rotatable bonds is 4. The maximum Gasteiger partial charge on any atom is 0.193 e. The van der Waals surface area contributed by atoms with Crippen molar-refractivity contribution in [3.05, 3.63) is 35.9 Å². The van der Waals surface area contributed by atoms with Gasteiger partial charge in [0.15, 0.2) is 8.32 Å². The van der Waals surface area contributed by atoms with Gasteiger partial charge in [-0.05, 0) is 24.2 Å². The Bertz CT molecular complexity index is 242. The third-order valence-electron chi connectivity index (χ3n) is 2.66. The Morgan fingerprint density at radius 2 is 1.85 bits per heavy atom. The molecular weight excluding hydrogens is 176 g/mol. The summed E-state index contributed by atoms with van der Waals surface area (Å²) in [4.78, 5) is 0. The third kappa shape index (κ3) is 2.97. The molecule has 1 rings (SSSR count). The van der Waals surface area contributed by atoms with Crippen LogP contribution in [-0.4, -0.2) is 15.4 Å². The van der Waals surface area contributed by atoms with Crippen LogP contribution in [0.5, 0.6) is 0 Å². The lowest BCUT2D eigenvalue weighted by Crippen LogP contribution is -2.35. The van der Waals surface area contributed by atoms with E-state index in [1.54, 1.807) is 0 Å². The molecule has 0 fully saturated rings. The highest BCUT2D eigenvalue weighted by atomic mass is 28.4. The Hall–Kier alpha value is -0.603. The van der Waals surface area contributed by atoms with Crippen LogP contribution in [0.1, 0.15) is 12.5 Å². The molecule has 1 unspecified atom stereocenters. The van der Waals surface area contributed by atoms with E-state index >= 15 is 0 Å². The minimum Gasteiger partial charge on any atom is -0.420 e. The second-order valence-corrected chi connectivity index (χ2v) is 8.04. The molecule has 13 heavy (non-hydrogen) atoms. The average Bonchev–Trinajstić information content (AvgIpc) is 2.19. The Kier molecular flexibility index (Phi) is 3.69. The van der Waals surface area contributed by atoms with E-state index in [1.165, 1.54) is 11.6 Å². The smallest absolute Gasteiger partial charge is 0.193 e. The van der Waals surface area contributed by atoms with Gasteiger partial charge in [-0.3, -0.25) is 0 Å². The van der Waals surface area contributed by atoms with E-state index in [2.05, 4.69) is 43.8 Å². The van der Waals surface area contributed by atoms with Gasteiger partial charge in [0.25, 0.3) is 0 Å².